The van der Waals surface area contributed by atoms with Gasteiger partial charge in [0.1, 0.15) is 12.2 Å². The van der Waals surface area contributed by atoms with Crippen LogP contribution in [0.15, 0.2) is 121 Å². The maximum Gasteiger partial charge on any atom is 0.235 e. The van der Waals surface area contributed by atoms with E-state index >= 15 is 0 Å². The minimum absolute atomic E-state index is 0.233. The molecule has 1 saturated heterocycles. The lowest BCUT2D eigenvalue weighted by molar-refractivity contribution is -0.143. The number of ether oxygens (including phenoxy) is 3. The van der Waals surface area contributed by atoms with Crippen LogP contribution in [-0.4, -0.2) is 31.1 Å². The van der Waals surface area contributed by atoms with Crippen LogP contribution in [0.1, 0.15) is 16.7 Å². The largest absolute Gasteiger partial charge is 0.374 e. The van der Waals surface area contributed by atoms with Crippen molar-refractivity contribution in [3.05, 3.63) is 138 Å². The molecule has 0 unspecified atom stereocenters. The highest BCUT2D eigenvalue weighted by atomic mass is 31.2. The lowest BCUT2D eigenvalue weighted by Gasteiger charge is -2.41. The highest BCUT2D eigenvalue weighted by molar-refractivity contribution is 7.67. The summed E-state index contributed by atoms with van der Waals surface area (Å²) in [7, 11) is -3.23. The monoisotopic (exact) mass is 528 g/mol. The fraction of sp³-hybridized carbons (Fsp3) is 0.250. The summed E-state index contributed by atoms with van der Waals surface area (Å²) in [6.45, 7) is 1.45. The summed E-state index contributed by atoms with van der Waals surface area (Å²) in [4.78, 5) is 0. The lowest BCUT2D eigenvalue weighted by atomic mass is 10.1. The summed E-state index contributed by atoms with van der Waals surface area (Å²) in [5.74, 6) is 0. The molecule has 38 heavy (non-hydrogen) atoms. The average molecular weight is 529 g/mol. The molecule has 5 rings (SSSR count). The van der Waals surface area contributed by atoms with Gasteiger partial charge in [-0.05, 0) is 28.8 Å². The van der Waals surface area contributed by atoms with Gasteiger partial charge in [-0.15, -0.1) is 0 Å². The summed E-state index contributed by atoms with van der Waals surface area (Å²) in [6.07, 6.45) is -1.23. The van der Waals surface area contributed by atoms with Crippen molar-refractivity contribution in [1.29, 1.82) is 0 Å². The van der Waals surface area contributed by atoms with Crippen LogP contribution in [0.2, 0.25) is 0 Å². The van der Waals surface area contributed by atoms with Crippen molar-refractivity contribution in [3.63, 3.8) is 0 Å². The van der Waals surface area contributed by atoms with Gasteiger partial charge in [0, 0.05) is 5.30 Å². The first-order valence-corrected chi connectivity index (χ1v) is 14.8. The second-order valence-corrected chi connectivity index (χ2v) is 11.9. The predicted octanol–water partition coefficient (Wildman–Crippen LogP) is 6.38. The Morgan fingerprint density at radius 1 is 0.632 bits per heavy atom. The summed E-state index contributed by atoms with van der Waals surface area (Å²) < 4.78 is 39.7. The molecule has 4 aromatic carbocycles. The first-order valence-electron chi connectivity index (χ1n) is 13.0. The van der Waals surface area contributed by atoms with Crippen molar-refractivity contribution in [3.8, 4) is 0 Å². The minimum atomic E-state index is -3.23. The molecule has 0 aliphatic carbocycles. The normalized spacial score (nSPS) is 23.2. The van der Waals surface area contributed by atoms with Crippen LogP contribution in [0.5, 0.6) is 0 Å². The van der Waals surface area contributed by atoms with E-state index in [1.165, 1.54) is 0 Å². The van der Waals surface area contributed by atoms with E-state index in [-0.39, 0.29) is 12.8 Å². The second kappa shape index (κ2) is 13.1. The molecule has 0 spiro atoms. The molecule has 1 aliphatic heterocycles. The summed E-state index contributed by atoms with van der Waals surface area (Å²) in [6, 6.07) is 39.4. The number of hydrogen-bond acceptors (Lipinski definition) is 5. The molecule has 1 heterocycles. The quantitative estimate of drug-likeness (QED) is 0.212. The maximum atomic E-state index is 14.3. The fourth-order valence-electron chi connectivity index (χ4n) is 4.62. The first-order chi connectivity index (χ1) is 18.7. The zero-order chi connectivity index (χ0) is 26.0. The standard InChI is InChI=1S/C32H33O5P/c33-38(29-19-11-4-12-20-29)25-31(35-22-27-15-7-2-8-16-27)32(36-23-28-17-9-3-10-18-28)30(37-38)24-34-21-26-13-5-1-6-14-26/h1-20,30-32H,21-25H2/t30-,31-,32-,38-/m1/s1. The molecular formula is C32H33O5P. The Kier molecular flexibility index (Phi) is 9.19. The summed E-state index contributed by atoms with van der Waals surface area (Å²) in [5.41, 5.74) is 3.16. The SMILES string of the molecule is O=[P@]1(c2ccccc2)C[C@@H](OCc2ccccc2)[C@H](OCc2ccccc2)[C@@H](COCc2ccccc2)O1. The van der Waals surface area contributed by atoms with E-state index < -0.39 is 25.7 Å². The van der Waals surface area contributed by atoms with E-state index in [0.29, 0.717) is 25.1 Å². The Labute approximate surface area is 224 Å². The molecule has 0 saturated carbocycles. The molecule has 0 aromatic heterocycles. The number of benzene rings is 4. The van der Waals surface area contributed by atoms with Crippen LogP contribution < -0.4 is 5.30 Å². The fourth-order valence-corrected chi connectivity index (χ4v) is 7.07. The third-order valence-electron chi connectivity index (χ3n) is 6.59. The average Bonchev–Trinajstić information content (AvgIpc) is 2.98. The molecule has 0 amide bonds. The van der Waals surface area contributed by atoms with E-state index in [4.69, 9.17) is 18.7 Å². The van der Waals surface area contributed by atoms with Gasteiger partial charge < -0.3 is 18.7 Å². The first kappa shape index (κ1) is 26.6. The van der Waals surface area contributed by atoms with E-state index in [1.54, 1.807) is 0 Å². The highest BCUT2D eigenvalue weighted by Gasteiger charge is 2.47. The Morgan fingerprint density at radius 3 is 1.66 bits per heavy atom. The van der Waals surface area contributed by atoms with Gasteiger partial charge in [0.05, 0.1) is 38.7 Å². The summed E-state index contributed by atoms with van der Waals surface area (Å²) in [5, 5.41) is 0.683. The van der Waals surface area contributed by atoms with Crippen molar-refractivity contribution in [1.82, 2.24) is 0 Å². The molecule has 4 atom stereocenters. The van der Waals surface area contributed by atoms with Gasteiger partial charge in [-0.2, -0.15) is 0 Å². The van der Waals surface area contributed by atoms with Crippen LogP contribution in [-0.2, 0) is 43.1 Å². The topological polar surface area (TPSA) is 54.0 Å². The van der Waals surface area contributed by atoms with Crippen molar-refractivity contribution in [2.24, 2.45) is 0 Å². The van der Waals surface area contributed by atoms with Crippen molar-refractivity contribution >= 4 is 12.7 Å². The van der Waals surface area contributed by atoms with Crippen molar-refractivity contribution in [2.75, 3.05) is 12.8 Å². The molecule has 0 bridgehead atoms. The van der Waals surface area contributed by atoms with Gasteiger partial charge >= 0.3 is 0 Å². The Balaban J connectivity index is 1.39. The Hall–Kier alpha value is -3.05. The molecule has 1 fully saturated rings. The zero-order valence-electron chi connectivity index (χ0n) is 21.3. The van der Waals surface area contributed by atoms with Gasteiger partial charge in [0.25, 0.3) is 0 Å². The van der Waals surface area contributed by atoms with Crippen molar-refractivity contribution in [2.45, 2.75) is 38.1 Å². The van der Waals surface area contributed by atoms with Crippen LogP contribution in [0.25, 0.3) is 0 Å². The Morgan fingerprint density at radius 2 is 1.11 bits per heavy atom. The van der Waals surface area contributed by atoms with E-state index in [2.05, 4.69) is 0 Å². The van der Waals surface area contributed by atoms with Gasteiger partial charge in [0.2, 0.25) is 7.37 Å². The molecule has 4 aromatic rings. The molecule has 0 N–H and O–H groups in total. The van der Waals surface area contributed by atoms with E-state index in [9.17, 15) is 4.57 Å². The molecule has 196 valence electrons. The van der Waals surface area contributed by atoms with Crippen LogP contribution in [0, 0.1) is 0 Å². The molecule has 6 heteroatoms. The van der Waals surface area contributed by atoms with Crippen molar-refractivity contribution < 1.29 is 23.3 Å². The number of rotatable bonds is 11. The van der Waals surface area contributed by atoms with Gasteiger partial charge in [-0.1, -0.05) is 109 Å². The maximum absolute atomic E-state index is 14.3. The third kappa shape index (κ3) is 7.08. The Bertz CT molecular complexity index is 1280. The molecule has 0 radical (unpaired) electrons. The van der Waals surface area contributed by atoms with Gasteiger partial charge in [-0.25, -0.2) is 0 Å². The van der Waals surface area contributed by atoms with Crippen LogP contribution >= 0.6 is 7.37 Å². The summed E-state index contributed by atoms with van der Waals surface area (Å²) >= 11 is 0. The van der Waals surface area contributed by atoms with Gasteiger partial charge in [0.15, 0.2) is 0 Å². The number of hydrogen-bond donors (Lipinski definition) is 0. The molecule has 5 nitrogen and oxygen atoms in total. The van der Waals surface area contributed by atoms with Crippen LogP contribution in [0.3, 0.4) is 0 Å². The molecular weight excluding hydrogens is 495 g/mol. The second-order valence-electron chi connectivity index (χ2n) is 9.43. The zero-order valence-corrected chi connectivity index (χ0v) is 22.2. The highest BCUT2D eigenvalue weighted by Crippen LogP contribution is 2.52. The van der Waals surface area contributed by atoms with Crippen LogP contribution in [0.4, 0.5) is 0 Å². The van der Waals surface area contributed by atoms with Gasteiger partial charge in [-0.3, -0.25) is 4.57 Å². The van der Waals surface area contributed by atoms with E-state index in [0.717, 1.165) is 16.7 Å². The lowest BCUT2D eigenvalue weighted by Crippen LogP contribution is -2.51. The van der Waals surface area contributed by atoms with E-state index in [1.807, 2.05) is 121 Å². The smallest absolute Gasteiger partial charge is 0.235 e. The molecule has 1 aliphatic rings. The minimum Gasteiger partial charge on any atom is -0.374 e. The predicted molar refractivity (Wildman–Crippen MR) is 150 cm³/mol. The third-order valence-corrected chi connectivity index (χ3v) is 9.13.